The van der Waals surface area contributed by atoms with E-state index in [0.717, 1.165) is 27.6 Å². The fourth-order valence-corrected chi connectivity index (χ4v) is 3.97. The van der Waals surface area contributed by atoms with E-state index >= 15 is 0 Å². The van der Waals surface area contributed by atoms with E-state index in [-0.39, 0.29) is 5.52 Å². The zero-order valence-electron chi connectivity index (χ0n) is 11.3. The number of hydrogen-bond acceptors (Lipinski definition) is 6. The normalized spacial score (nSPS) is 11.0. The maximum atomic E-state index is 13.7. The molecule has 0 atom stereocenters. The molecule has 1 N–H and O–H groups in total. The smallest absolute Gasteiger partial charge is 0.190 e. The molecule has 0 aliphatic rings. The average Bonchev–Trinajstić information content (AvgIpc) is 3.09. The quantitative estimate of drug-likeness (QED) is 0.567. The van der Waals surface area contributed by atoms with E-state index < -0.39 is 11.6 Å². The molecule has 112 valence electrons. The van der Waals surface area contributed by atoms with Gasteiger partial charge >= 0.3 is 0 Å². The molecule has 0 unspecified atom stereocenters. The first-order chi connectivity index (χ1) is 11.1. The molecule has 2 aromatic heterocycles. The minimum Gasteiger partial charge on any atom is -0.307 e. The van der Waals surface area contributed by atoms with E-state index in [9.17, 15) is 8.78 Å². The van der Waals surface area contributed by atoms with Gasteiger partial charge in [-0.1, -0.05) is 22.7 Å². The number of nitrogens with zero attached hydrogens (tertiary/aromatic N) is 3. The summed E-state index contributed by atoms with van der Waals surface area (Å²) in [5, 5.41) is 12.9. The Morgan fingerprint density at radius 2 is 1.78 bits per heavy atom. The van der Waals surface area contributed by atoms with Crippen LogP contribution in [0, 0.1) is 23.0 Å². The van der Waals surface area contributed by atoms with Gasteiger partial charge in [-0.2, -0.15) is 5.26 Å². The van der Waals surface area contributed by atoms with Gasteiger partial charge < -0.3 is 5.32 Å². The van der Waals surface area contributed by atoms with Crippen LogP contribution in [-0.2, 0) is 0 Å². The molecule has 0 fully saturated rings. The van der Waals surface area contributed by atoms with Crippen molar-refractivity contribution in [1.82, 2.24) is 9.97 Å². The topological polar surface area (TPSA) is 61.6 Å². The van der Waals surface area contributed by atoms with Gasteiger partial charge in [0.2, 0.25) is 0 Å². The third kappa shape index (κ3) is 2.50. The Morgan fingerprint density at radius 3 is 2.61 bits per heavy atom. The number of halogens is 2. The lowest BCUT2D eigenvalue weighted by Crippen LogP contribution is -1.87. The lowest BCUT2D eigenvalue weighted by molar-refractivity contribution is 0.593. The van der Waals surface area contributed by atoms with Crippen LogP contribution in [-0.4, -0.2) is 9.97 Å². The number of fused-ring (bicyclic) bond motifs is 2. The second-order valence-corrected chi connectivity index (χ2v) is 6.72. The van der Waals surface area contributed by atoms with E-state index in [1.54, 1.807) is 18.2 Å². The van der Waals surface area contributed by atoms with Crippen molar-refractivity contribution in [3.05, 3.63) is 47.5 Å². The largest absolute Gasteiger partial charge is 0.307 e. The van der Waals surface area contributed by atoms with E-state index in [1.165, 1.54) is 17.4 Å². The number of aromatic nitrogens is 2. The van der Waals surface area contributed by atoms with E-state index in [0.29, 0.717) is 20.5 Å². The minimum absolute atomic E-state index is 0.267. The molecule has 23 heavy (non-hydrogen) atoms. The van der Waals surface area contributed by atoms with Gasteiger partial charge in [0.05, 0.1) is 32.1 Å². The molecule has 4 nitrogen and oxygen atoms in total. The highest BCUT2D eigenvalue weighted by atomic mass is 32.1. The molecule has 4 aromatic rings. The summed E-state index contributed by atoms with van der Waals surface area (Å²) >= 11 is 2.46. The van der Waals surface area contributed by atoms with Crippen LogP contribution in [0.2, 0.25) is 0 Å². The van der Waals surface area contributed by atoms with Crippen LogP contribution in [0.1, 0.15) is 5.56 Å². The van der Waals surface area contributed by atoms with E-state index in [1.807, 2.05) is 0 Å². The highest BCUT2D eigenvalue weighted by Crippen LogP contribution is 2.33. The lowest BCUT2D eigenvalue weighted by atomic mass is 10.2. The summed E-state index contributed by atoms with van der Waals surface area (Å²) in [5.74, 6) is -1.29. The molecule has 4 rings (SSSR count). The molecule has 0 radical (unpaired) electrons. The summed E-state index contributed by atoms with van der Waals surface area (Å²) in [6.07, 6.45) is 0. The second-order valence-electron chi connectivity index (χ2n) is 4.69. The maximum absolute atomic E-state index is 13.7. The molecule has 0 aliphatic heterocycles. The van der Waals surface area contributed by atoms with Crippen LogP contribution in [0.25, 0.3) is 20.4 Å². The molecule has 0 bridgehead atoms. The van der Waals surface area contributed by atoms with Crippen molar-refractivity contribution in [3.63, 3.8) is 0 Å². The first-order valence-corrected chi connectivity index (χ1v) is 8.09. The van der Waals surface area contributed by atoms with Gasteiger partial charge in [-0.05, 0) is 18.2 Å². The predicted octanol–water partition coefficient (Wildman–Crippen LogP) is 4.80. The van der Waals surface area contributed by atoms with Gasteiger partial charge in [0.1, 0.15) is 11.6 Å². The Kier molecular flexibility index (Phi) is 3.18. The first-order valence-electron chi connectivity index (χ1n) is 6.46. The van der Waals surface area contributed by atoms with Gasteiger partial charge in [0.15, 0.2) is 10.3 Å². The summed E-state index contributed by atoms with van der Waals surface area (Å²) in [6.45, 7) is 0. The predicted molar refractivity (Wildman–Crippen MR) is 87.2 cm³/mol. The number of benzene rings is 2. The highest BCUT2D eigenvalue weighted by molar-refractivity contribution is 7.24. The third-order valence-corrected chi connectivity index (χ3v) is 5.07. The van der Waals surface area contributed by atoms with Crippen LogP contribution >= 0.6 is 22.7 Å². The molecule has 2 heterocycles. The monoisotopic (exact) mass is 344 g/mol. The van der Waals surface area contributed by atoms with Crippen molar-refractivity contribution >= 4 is 53.4 Å². The van der Waals surface area contributed by atoms with Crippen molar-refractivity contribution in [1.29, 1.82) is 5.26 Å². The second kappa shape index (κ2) is 5.22. The number of hydrogen-bond donors (Lipinski definition) is 1. The molecule has 0 saturated carbocycles. The molecular formula is C15H6F2N4S2. The standard InChI is InChI=1S/C15H6F2N4S2/c16-8-4-9(17)13-11(5-8)20-15(23-13)21-14-19-10-2-1-7(6-18)3-12(10)22-14/h1-5H,(H,19,20,21). The number of nitrogens with one attached hydrogen (secondary N) is 1. The zero-order valence-corrected chi connectivity index (χ0v) is 12.9. The fraction of sp³-hybridized carbons (Fsp3) is 0. The molecule has 2 aromatic carbocycles. The summed E-state index contributed by atoms with van der Waals surface area (Å²) in [6, 6.07) is 9.33. The van der Waals surface area contributed by atoms with Crippen molar-refractivity contribution in [3.8, 4) is 6.07 Å². The van der Waals surface area contributed by atoms with Gasteiger partial charge in [0, 0.05) is 12.1 Å². The summed E-state index contributed by atoms with van der Waals surface area (Å²) in [5.41, 5.74) is 1.59. The minimum atomic E-state index is -0.657. The van der Waals surface area contributed by atoms with Gasteiger partial charge in [-0.25, -0.2) is 18.7 Å². The van der Waals surface area contributed by atoms with Crippen LogP contribution in [0.4, 0.5) is 19.0 Å². The van der Waals surface area contributed by atoms with Crippen molar-refractivity contribution in [2.75, 3.05) is 5.32 Å². The van der Waals surface area contributed by atoms with Crippen LogP contribution in [0.3, 0.4) is 0 Å². The van der Waals surface area contributed by atoms with Gasteiger partial charge in [-0.15, -0.1) is 0 Å². The Bertz CT molecular complexity index is 1090. The lowest BCUT2D eigenvalue weighted by Gasteiger charge is -1.93. The number of thiazole rings is 2. The van der Waals surface area contributed by atoms with Gasteiger partial charge in [-0.3, -0.25) is 0 Å². The van der Waals surface area contributed by atoms with Crippen molar-refractivity contribution in [2.45, 2.75) is 0 Å². The zero-order chi connectivity index (χ0) is 16.0. The van der Waals surface area contributed by atoms with Gasteiger partial charge in [0.25, 0.3) is 0 Å². The number of nitriles is 1. The summed E-state index contributed by atoms with van der Waals surface area (Å²) in [4.78, 5) is 8.57. The molecule has 0 spiro atoms. The fourth-order valence-electron chi connectivity index (χ4n) is 2.15. The highest BCUT2D eigenvalue weighted by Gasteiger charge is 2.12. The SMILES string of the molecule is N#Cc1ccc2nc(Nc3nc4cc(F)cc(F)c4s3)sc2c1. The average molecular weight is 344 g/mol. The molecule has 8 heteroatoms. The molecular weight excluding hydrogens is 338 g/mol. The third-order valence-electron chi connectivity index (χ3n) is 3.14. The first kappa shape index (κ1) is 14.0. The summed E-state index contributed by atoms with van der Waals surface area (Å²) in [7, 11) is 0. The Balaban J connectivity index is 1.73. The van der Waals surface area contributed by atoms with Crippen molar-refractivity contribution < 1.29 is 8.78 Å². The van der Waals surface area contributed by atoms with Crippen molar-refractivity contribution in [2.24, 2.45) is 0 Å². The Labute approximate surface area is 136 Å². The van der Waals surface area contributed by atoms with Crippen LogP contribution in [0.15, 0.2) is 30.3 Å². The van der Waals surface area contributed by atoms with E-state index in [2.05, 4.69) is 21.4 Å². The van der Waals surface area contributed by atoms with E-state index in [4.69, 9.17) is 5.26 Å². The molecule has 0 aliphatic carbocycles. The summed E-state index contributed by atoms with van der Waals surface area (Å²) < 4.78 is 28.1. The number of rotatable bonds is 2. The van der Waals surface area contributed by atoms with Crippen LogP contribution in [0.5, 0.6) is 0 Å². The maximum Gasteiger partial charge on any atom is 0.190 e. The van der Waals surface area contributed by atoms with Crippen LogP contribution < -0.4 is 5.32 Å². The molecule has 0 amide bonds. The number of anilines is 2. The Hall–Kier alpha value is -2.63. The Morgan fingerprint density at radius 1 is 1.00 bits per heavy atom. The molecule has 0 saturated heterocycles.